The van der Waals surface area contributed by atoms with Gasteiger partial charge in [-0.3, -0.25) is 9.59 Å². The molecule has 1 N–H and O–H groups in total. The molecule has 0 spiro atoms. The molecule has 1 heterocycles. The number of hydrogen-bond donors (Lipinski definition) is 1. The van der Waals surface area contributed by atoms with Crippen LogP contribution in [-0.4, -0.2) is 24.3 Å². The monoisotopic (exact) mass is 387 g/mol. The molecule has 1 aromatic carbocycles. The number of amides is 1. The zero-order chi connectivity index (χ0) is 19.8. The van der Waals surface area contributed by atoms with Crippen LogP contribution in [0.25, 0.3) is 0 Å². The zero-order valence-corrected chi connectivity index (χ0v) is 16.8. The highest BCUT2D eigenvalue weighted by molar-refractivity contribution is 7.14. The van der Waals surface area contributed by atoms with E-state index in [0.29, 0.717) is 17.0 Å². The predicted octanol–water partition coefficient (Wildman–Crippen LogP) is 3.94. The minimum atomic E-state index is -0.451. The number of ether oxygens (including phenoxy) is 1. The number of carbonyl (C=O) groups excluding carboxylic acids is 3. The summed E-state index contributed by atoms with van der Waals surface area (Å²) in [6.45, 7) is 5.75. The fourth-order valence-corrected chi connectivity index (χ4v) is 3.87. The Bertz CT molecular complexity index is 808. The van der Waals surface area contributed by atoms with Crippen LogP contribution in [-0.2, 0) is 28.9 Å². The van der Waals surface area contributed by atoms with Crippen LogP contribution in [0.4, 0.5) is 0 Å². The number of nitrogens with one attached hydrogen (secondary N) is 1. The van der Waals surface area contributed by atoms with E-state index in [1.165, 1.54) is 28.7 Å². The largest absolute Gasteiger partial charge is 0.453 e. The maximum atomic E-state index is 12.3. The fourth-order valence-electron chi connectivity index (χ4n) is 2.63. The van der Waals surface area contributed by atoms with Crippen molar-refractivity contribution in [2.75, 3.05) is 6.61 Å². The maximum absolute atomic E-state index is 12.3. The van der Waals surface area contributed by atoms with Gasteiger partial charge in [0.2, 0.25) is 5.91 Å². The van der Waals surface area contributed by atoms with Gasteiger partial charge in [-0.05, 0) is 30.0 Å². The molecule has 27 heavy (non-hydrogen) atoms. The number of carbonyl (C=O) groups is 3. The van der Waals surface area contributed by atoms with Crippen molar-refractivity contribution in [2.24, 2.45) is 0 Å². The fraction of sp³-hybridized carbons (Fsp3) is 0.381. The smallest absolute Gasteiger partial charge is 0.348 e. The Labute approximate surface area is 163 Å². The first kappa shape index (κ1) is 20.8. The molecule has 0 radical (unpaired) electrons. The summed E-state index contributed by atoms with van der Waals surface area (Å²) in [5, 5.41) is 2.70. The summed E-state index contributed by atoms with van der Waals surface area (Å²) in [6.07, 6.45) is 2.85. The minimum absolute atomic E-state index is 0.107. The molecule has 1 aromatic heterocycles. The SMILES string of the molecule is CCCc1sc(C(=O)OCC(=O)c2ccc(CNC(C)=O)cc2)cc1CC. The molecule has 0 aliphatic rings. The van der Waals surface area contributed by atoms with Crippen molar-refractivity contribution in [1.29, 1.82) is 0 Å². The summed E-state index contributed by atoms with van der Waals surface area (Å²) in [7, 11) is 0. The molecule has 0 aliphatic carbocycles. The lowest BCUT2D eigenvalue weighted by atomic mass is 10.1. The van der Waals surface area contributed by atoms with Crippen LogP contribution in [0.3, 0.4) is 0 Å². The number of benzene rings is 1. The summed E-state index contributed by atoms with van der Waals surface area (Å²) < 4.78 is 5.21. The van der Waals surface area contributed by atoms with Crippen molar-refractivity contribution in [2.45, 2.75) is 46.6 Å². The van der Waals surface area contributed by atoms with Crippen LogP contribution < -0.4 is 5.32 Å². The van der Waals surface area contributed by atoms with E-state index in [-0.39, 0.29) is 18.3 Å². The molecule has 0 aliphatic heterocycles. The van der Waals surface area contributed by atoms with Gasteiger partial charge < -0.3 is 10.1 Å². The van der Waals surface area contributed by atoms with Crippen molar-refractivity contribution < 1.29 is 19.1 Å². The quantitative estimate of drug-likeness (QED) is 0.522. The second kappa shape index (κ2) is 10.0. The molecule has 5 nitrogen and oxygen atoms in total. The third-order valence-corrected chi connectivity index (χ3v) is 5.32. The van der Waals surface area contributed by atoms with Gasteiger partial charge in [-0.1, -0.05) is 44.5 Å². The van der Waals surface area contributed by atoms with Crippen molar-refractivity contribution in [3.63, 3.8) is 0 Å². The minimum Gasteiger partial charge on any atom is -0.453 e. The molecule has 0 saturated carbocycles. The third kappa shape index (κ3) is 6.03. The van der Waals surface area contributed by atoms with E-state index < -0.39 is 5.97 Å². The molecule has 0 unspecified atom stereocenters. The Morgan fingerprint density at radius 3 is 2.41 bits per heavy atom. The van der Waals surface area contributed by atoms with E-state index in [2.05, 4.69) is 19.2 Å². The van der Waals surface area contributed by atoms with Gasteiger partial charge in [0.15, 0.2) is 12.4 Å². The predicted molar refractivity (Wildman–Crippen MR) is 106 cm³/mol. The molecule has 1 amide bonds. The van der Waals surface area contributed by atoms with Gasteiger partial charge in [-0.2, -0.15) is 0 Å². The van der Waals surface area contributed by atoms with Gasteiger partial charge in [0.1, 0.15) is 4.88 Å². The average Bonchev–Trinajstić information content (AvgIpc) is 3.08. The Kier molecular flexibility index (Phi) is 7.73. The van der Waals surface area contributed by atoms with Crippen LogP contribution in [0.1, 0.15) is 63.2 Å². The summed E-state index contributed by atoms with van der Waals surface area (Å²) >= 11 is 1.45. The molecule has 0 atom stereocenters. The maximum Gasteiger partial charge on any atom is 0.348 e. The van der Waals surface area contributed by atoms with Crippen LogP contribution >= 0.6 is 11.3 Å². The number of ketones is 1. The molecular weight excluding hydrogens is 362 g/mol. The molecule has 0 saturated heterocycles. The summed E-state index contributed by atoms with van der Waals surface area (Å²) in [5.74, 6) is -0.813. The van der Waals surface area contributed by atoms with E-state index in [1.807, 2.05) is 6.07 Å². The molecule has 2 rings (SSSR count). The van der Waals surface area contributed by atoms with Crippen molar-refractivity contribution >= 4 is 29.0 Å². The van der Waals surface area contributed by atoms with Gasteiger partial charge in [0.25, 0.3) is 0 Å². The Morgan fingerprint density at radius 1 is 1.11 bits per heavy atom. The molecule has 6 heteroatoms. The Morgan fingerprint density at radius 2 is 1.81 bits per heavy atom. The Balaban J connectivity index is 1.92. The molecule has 2 aromatic rings. The molecule has 144 valence electrons. The second-order valence-corrected chi connectivity index (χ2v) is 7.41. The topological polar surface area (TPSA) is 72.5 Å². The van der Waals surface area contributed by atoms with E-state index >= 15 is 0 Å². The summed E-state index contributed by atoms with van der Waals surface area (Å²) in [4.78, 5) is 37.2. The zero-order valence-electron chi connectivity index (χ0n) is 16.0. The van der Waals surface area contributed by atoms with E-state index in [1.54, 1.807) is 24.3 Å². The highest BCUT2D eigenvalue weighted by Crippen LogP contribution is 2.25. The van der Waals surface area contributed by atoms with Crippen LogP contribution in [0.5, 0.6) is 0 Å². The van der Waals surface area contributed by atoms with Gasteiger partial charge >= 0.3 is 5.97 Å². The number of hydrogen-bond acceptors (Lipinski definition) is 5. The number of aryl methyl sites for hydroxylation is 2. The van der Waals surface area contributed by atoms with E-state index in [0.717, 1.165) is 24.8 Å². The molecule has 0 bridgehead atoms. The van der Waals surface area contributed by atoms with E-state index in [4.69, 9.17) is 4.74 Å². The molecular formula is C21H25NO4S. The van der Waals surface area contributed by atoms with Crippen molar-refractivity contribution in [3.8, 4) is 0 Å². The first-order valence-electron chi connectivity index (χ1n) is 9.09. The summed E-state index contributed by atoms with van der Waals surface area (Å²) in [5.41, 5.74) is 2.55. The van der Waals surface area contributed by atoms with E-state index in [9.17, 15) is 14.4 Å². The number of rotatable bonds is 9. The second-order valence-electron chi connectivity index (χ2n) is 6.27. The van der Waals surface area contributed by atoms with Gasteiger partial charge in [0, 0.05) is 23.9 Å². The third-order valence-electron chi connectivity index (χ3n) is 4.11. The lowest BCUT2D eigenvalue weighted by Gasteiger charge is -2.05. The highest BCUT2D eigenvalue weighted by atomic mass is 32.1. The lowest BCUT2D eigenvalue weighted by Crippen LogP contribution is -2.19. The van der Waals surface area contributed by atoms with Crippen LogP contribution in [0.2, 0.25) is 0 Å². The standard InChI is InChI=1S/C21H25NO4S/c1-4-6-19-16(5-2)11-20(27-19)21(25)26-13-18(24)17-9-7-15(8-10-17)12-22-14(3)23/h7-11H,4-6,12-13H2,1-3H3,(H,22,23). The van der Waals surface area contributed by atoms with Crippen molar-refractivity contribution in [1.82, 2.24) is 5.32 Å². The first-order chi connectivity index (χ1) is 12.9. The average molecular weight is 388 g/mol. The first-order valence-corrected chi connectivity index (χ1v) is 9.91. The van der Waals surface area contributed by atoms with Crippen molar-refractivity contribution in [3.05, 3.63) is 56.8 Å². The molecule has 0 fully saturated rings. The summed E-state index contributed by atoms with van der Waals surface area (Å²) in [6, 6.07) is 8.77. The number of thiophene rings is 1. The van der Waals surface area contributed by atoms with Gasteiger partial charge in [-0.25, -0.2) is 4.79 Å². The van der Waals surface area contributed by atoms with Gasteiger partial charge in [-0.15, -0.1) is 11.3 Å². The van der Waals surface area contributed by atoms with Crippen LogP contribution in [0, 0.1) is 0 Å². The Hall–Kier alpha value is -2.47. The normalized spacial score (nSPS) is 10.5. The van der Waals surface area contributed by atoms with Crippen LogP contribution in [0.15, 0.2) is 30.3 Å². The number of esters is 1. The highest BCUT2D eigenvalue weighted by Gasteiger charge is 2.16. The van der Waals surface area contributed by atoms with Gasteiger partial charge in [0.05, 0.1) is 0 Å². The lowest BCUT2D eigenvalue weighted by molar-refractivity contribution is -0.119. The number of Topliss-reactive ketones (excluding diaryl/α,β-unsaturated/α-hetero) is 1.